The predicted molar refractivity (Wildman–Crippen MR) is 83.5 cm³/mol. The molecule has 0 bridgehead atoms. The first-order valence-corrected chi connectivity index (χ1v) is 6.50. The molecule has 0 fully saturated rings. The van der Waals surface area contributed by atoms with Crippen molar-refractivity contribution in [2.45, 2.75) is 0 Å². The van der Waals surface area contributed by atoms with Crippen LogP contribution in [-0.4, -0.2) is 26.1 Å². The third kappa shape index (κ3) is 3.79. The Balaban J connectivity index is 0.000000185. The first kappa shape index (κ1) is 15.9. The maximum Gasteiger partial charge on any atom is 0.335 e. The first-order chi connectivity index (χ1) is 11.0. The number of nitrogens with zero attached hydrogens (tertiary/aromatic N) is 2. The Hall–Kier alpha value is -3.48. The van der Waals surface area contributed by atoms with Crippen molar-refractivity contribution in [3.8, 4) is 5.75 Å². The van der Waals surface area contributed by atoms with Crippen molar-refractivity contribution in [1.82, 2.24) is 4.98 Å². The van der Waals surface area contributed by atoms with Crippen LogP contribution >= 0.6 is 0 Å². The van der Waals surface area contributed by atoms with Crippen molar-refractivity contribution in [2.75, 3.05) is 0 Å². The van der Waals surface area contributed by atoms with E-state index >= 15 is 0 Å². The number of phenolic OH excluding ortho intramolecular Hbond substituents is 1. The van der Waals surface area contributed by atoms with Crippen LogP contribution in [0.25, 0.3) is 10.9 Å². The van der Waals surface area contributed by atoms with Crippen LogP contribution in [0.2, 0.25) is 0 Å². The molecule has 0 aliphatic heterocycles. The van der Waals surface area contributed by atoms with Gasteiger partial charge in [-0.1, -0.05) is 24.3 Å². The molecule has 2 aromatic carbocycles. The van der Waals surface area contributed by atoms with E-state index in [1.165, 1.54) is 12.3 Å². The van der Waals surface area contributed by atoms with Crippen LogP contribution in [0.15, 0.2) is 60.8 Å². The molecule has 0 amide bonds. The Morgan fingerprint density at radius 1 is 1.04 bits per heavy atom. The van der Waals surface area contributed by atoms with E-state index in [9.17, 15) is 20.0 Å². The summed E-state index contributed by atoms with van der Waals surface area (Å²) in [6.45, 7) is 0. The molecule has 2 N–H and O–H groups in total. The number of nitro benzene ring substituents is 1. The lowest BCUT2D eigenvalue weighted by atomic mass is 10.2. The zero-order valence-corrected chi connectivity index (χ0v) is 11.8. The number of hydrogen-bond acceptors (Lipinski definition) is 5. The lowest BCUT2D eigenvalue weighted by Crippen LogP contribution is -1.93. The number of nitro groups is 1. The number of pyridine rings is 1. The van der Waals surface area contributed by atoms with Crippen molar-refractivity contribution in [1.29, 1.82) is 0 Å². The second-order valence-electron chi connectivity index (χ2n) is 4.44. The number of carboxylic acids is 1. The molecular formula is C16H12N2O5. The van der Waals surface area contributed by atoms with Crippen molar-refractivity contribution in [3.63, 3.8) is 0 Å². The summed E-state index contributed by atoms with van der Waals surface area (Å²) in [6.07, 6.45) is 1.48. The standard InChI is InChI=1S/C9H6N2O3.C7H6O2/c12-9-7(11(13)14)4-3-6-2-1-5-10-8(6)9;8-7(9)6-4-2-1-3-5-6/h1-5,12H;1-5H,(H,8,9). The van der Waals surface area contributed by atoms with Gasteiger partial charge in [0.25, 0.3) is 0 Å². The Bertz CT molecular complexity index is 849. The smallest absolute Gasteiger partial charge is 0.335 e. The highest BCUT2D eigenvalue weighted by atomic mass is 16.6. The van der Waals surface area contributed by atoms with E-state index in [-0.39, 0.29) is 17.0 Å². The minimum Gasteiger partial charge on any atom is -0.501 e. The van der Waals surface area contributed by atoms with E-state index in [1.807, 2.05) is 0 Å². The maximum absolute atomic E-state index is 10.5. The topological polar surface area (TPSA) is 114 Å². The number of carboxylic acid groups (broad SMARTS) is 1. The minimum absolute atomic E-state index is 0.252. The van der Waals surface area contributed by atoms with Crippen LogP contribution in [0, 0.1) is 10.1 Å². The summed E-state index contributed by atoms with van der Waals surface area (Å²) < 4.78 is 0. The number of carbonyl (C=O) groups is 1. The van der Waals surface area contributed by atoms with Gasteiger partial charge in [-0.15, -0.1) is 0 Å². The number of benzene rings is 2. The van der Waals surface area contributed by atoms with E-state index in [4.69, 9.17) is 5.11 Å². The molecule has 0 saturated carbocycles. The Morgan fingerprint density at radius 3 is 2.30 bits per heavy atom. The molecule has 0 aliphatic carbocycles. The summed E-state index contributed by atoms with van der Waals surface area (Å²) >= 11 is 0. The zero-order valence-electron chi connectivity index (χ0n) is 11.8. The molecule has 3 aromatic rings. The number of aromatic nitrogens is 1. The van der Waals surface area contributed by atoms with E-state index in [0.29, 0.717) is 10.9 Å². The molecule has 116 valence electrons. The molecule has 0 atom stereocenters. The molecule has 0 saturated heterocycles. The third-order valence-corrected chi connectivity index (χ3v) is 2.94. The Labute approximate surface area is 130 Å². The van der Waals surface area contributed by atoms with Crippen molar-refractivity contribution < 1.29 is 19.9 Å². The summed E-state index contributed by atoms with van der Waals surface area (Å²) in [5, 5.41) is 29.1. The first-order valence-electron chi connectivity index (χ1n) is 6.50. The van der Waals surface area contributed by atoms with Gasteiger partial charge in [0.1, 0.15) is 5.52 Å². The summed E-state index contributed by atoms with van der Waals surface area (Å²) in [6, 6.07) is 14.5. The highest BCUT2D eigenvalue weighted by Crippen LogP contribution is 2.32. The van der Waals surface area contributed by atoms with Gasteiger partial charge in [-0.25, -0.2) is 4.79 Å². The molecule has 0 radical (unpaired) electrons. The van der Waals surface area contributed by atoms with E-state index < -0.39 is 10.9 Å². The molecule has 3 rings (SSSR count). The summed E-state index contributed by atoms with van der Waals surface area (Å²) in [7, 11) is 0. The van der Waals surface area contributed by atoms with Gasteiger partial charge in [0.05, 0.1) is 10.5 Å². The zero-order chi connectivity index (χ0) is 16.8. The lowest BCUT2D eigenvalue weighted by molar-refractivity contribution is -0.385. The highest BCUT2D eigenvalue weighted by molar-refractivity contribution is 5.88. The van der Waals surface area contributed by atoms with Gasteiger partial charge in [-0.05, 0) is 24.3 Å². The predicted octanol–water partition coefficient (Wildman–Crippen LogP) is 3.23. The molecule has 1 aromatic heterocycles. The summed E-state index contributed by atoms with van der Waals surface area (Å²) in [5.41, 5.74) is 0.260. The fourth-order valence-corrected chi connectivity index (χ4v) is 1.85. The van der Waals surface area contributed by atoms with Gasteiger partial charge < -0.3 is 10.2 Å². The number of phenols is 1. The minimum atomic E-state index is -0.879. The van der Waals surface area contributed by atoms with E-state index in [1.54, 1.807) is 48.5 Å². The second kappa shape index (κ2) is 6.99. The van der Waals surface area contributed by atoms with Gasteiger partial charge in [0.15, 0.2) is 0 Å². The maximum atomic E-state index is 10.5. The molecule has 7 heteroatoms. The van der Waals surface area contributed by atoms with E-state index in [2.05, 4.69) is 4.98 Å². The summed E-state index contributed by atoms with van der Waals surface area (Å²) in [5.74, 6) is -1.26. The van der Waals surface area contributed by atoms with Gasteiger partial charge in [-0.2, -0.15) is 0 Å². The van der Waals surface area contributed by atoms with Crippen molar-refractivity contribution >= 4 is 22.6 Å². The third-order valence-electron chi connectivity index (χ3n) is 2.94. The molecule has 7 nitrogen and oxygen atoms in total. The fraction of sp³-hybridized carbons (Fsp3) is 0. The number of rotatable bonds is 2. The molecule has 23 heavy (non-hydrogen) atoms. The number of hydrogen-bond donors (Lipinski definition) is 2. The molecule has 0 aliphatic rings. The largest absolute Gasteiger partial charge is 0.501 e. The second-order valence-corrected chi connectivity index (χ2v) is 4.44. The van der Waals surface area contributed by atoms with Crippen LogP contribution in [0.5, 0.6) is 5.75 Å². The van der Waals surface area contributed by atoms with Gasteiger partial charge in [0.2, 0.25) is 5.75 Å². The Morgan fingerprint density at radius 2 is 1.74 bits per heavy atom. The molecule has 0 spiro atoms. The van der Waals surface area contributed by atoms with Crippen LogP contribution in [-0.2, 0) is 0 Å². The molecule has 0 unspecified atom stereocenters. The monoisotopic (exact) mass is 312 g/mol. The number of fused-ring (bicyclic) bond motifs is 1. The fourth-order valence-electron chi connectivity index (χ4n) is 1.85. The van der Waals surface area contributed by atoms with Crippen LogP contribution in [0.4, 0.5) is 5.69 Å². The van der Waals surface area contributed by atoms with E-state index in [0.717, 1.165) is 0 Å². The van der Waals surface area contributed by atoms with Crippen molar-refractivity contribution in [2.24, 2.45) is 0 Å². The average Bonchev–Trinajstić information content (AvgIpc) is 2.56. The summed E-state index contributed by atoms with van der Waals surface area (Å²) in [4.78, 5) is 23.9. The lowest BCUT2D eigenvalue weighted by Gasteiger charge is -1.99. The molecular weight excluding hydrogens is 300 g/mol. The van der Waals surface area contributed by atoms with Crippen LogP contribution in [0.1, 0.15) is 10.4 Å². The SMILES string of the molecule is O=C(O)c1ccccc1.O=[N+]([O-])c1ccc2cccnc2c1O. The van der Waals surface area contributed by atoms with Gasteiger partial charge in [0, 0.05) is 17.6 Å². The number of aromatic hydroxyl groups is 1. The molecule has 1 heterocycles. The van der Waals surface area contributed by atoms with Crippen molar-refractivity contribution in [3.05, 3.63) is 76.5 Å². The highest BCUT2D eigenvalue weighted by Gasteiger charge is 2.15. The average molecular weight is 312 g/mol. The van der Waals surface area contributed by atoms with Crippen LogP contribution < -0.4 is 0 Å². The normalized spacial score (nSPS) is 9.74. The quantitative estimate of drug-likeness (QED) is 0.554. The Kier molecular flexibility index (Phi) is 4.83. The van der Waals surface area contributed by atoms with Gasteiger partial charge >= 0.3 is 11.7 Å². The number of aromatic carboxylic acids is 1. The van der Waals surface area contributed by atoms with Gasteiger partial charge in [-0.3, -0.25) is 15.1 Å². The van der Waals surface area contributed by atoms with Crippen LogP contribution in [0.3, 0.4) is 0 Å².